The Balaban J connectivity index is 1.94. The van der Waals surface area contributed by atoms with Gasteiger partial charge < -0.3 is 9.47 Å². The molecule has 0 fully saturated rings. The van der Waals surface area contributed by atoms with Crippen LogP contribution in [0.25, 0.3) is 31.8 Å². The molecule has 0 saturated heterocycles. The second kappa shape index (κ2) is 7.37. The Morgan fingerprint density at radius 1 is 0.677 bits per heavy atom. The molecule has 0 aliphatic heterocycles. The highest BCUT2D eigenvalue weighted by Crippen LogP contribution is 2.31. The highest BCUT2D eigenvalue weighted by atomic mass is 32.1. The van der Waals surface area contributed by atoms with E-state index < -0.39 is 11.1 Å². The van der Waals surface area contributed by atoms with Crippen LogP contribution in [0.1, 0.15) is 0 Å². The van der Waals surface area contributed by atoms with Crippen LogP contribution < -0.4 is 20.6 Å². The summed E-state index contributed by atoms with van der Waals surface area (Å²) in [6.07, 6.45) is 0. The van der Waals surface area contributed by atoms with E-state index in [4.69, 9.17) is 9.47 Å². The van der Waals surface area contributed by atoms with E-state index in [0.29, 0.717) is 21.0 Å². The van der Waals surface area contributed by atoms with Crippen LogP contribution in [0.4, 0.5) is 0 Å². The van der Waals surface area contributed by atoms with E-state index in [0.717, 1.165) is 11.3 Å². The van der Waals surface area contributed by atoms with Gasteiger partial charge in [0.25, 0.3) is 11.1 Å². The Labute approximate surface area is 179 Å². The largest absolute Gasteiger partial charge is 0.468 e. The SMILES string of the molecule is COc1nc2sc3nc(OC)n(-c4ccccc4)c(=O)c3c2c(=O)n1-c1ccccc1. The molecule has 3 heterocycles. The standard InChI is InChI=1S/C22H16N4O4S/c1-29-21-23-17-15(19(27)25(21)13-9-5-3-6-10-13)16-18(31-17)24-22(30-2)26(20(16)28)14-11-7-4-8-12-14/h3-12H,1-2H3. The third-order valence-corrected chi connectivity index (χ3v) is 5.85. The van der Waals surface area contributed by atoms with Gasteiger partial charge in [-0.25, -0.2) is 9.13 Å². The summed E-state index contributed by atoms with van der Waals surface area (Å²) in [7, 11) is 2.90. The number of aromatic nitrogens is 4. The third-order valence-electron chi connectivity index (χ3n) is 4.88. The van der Waals surface area contributed by atoms with E-state index in [1.165, 1.54) is 23.4 Å². The summed E-state index contributed by atoms with van der Waals surface area (Å²) < 4.78 is 13.5. The summed E-state index contributed by atoms with van der Waals surface area (Å²) in [4.78, 5) is 36.9. The van der Waals surface area contributed by atoms with Crippen LogP contribution in [0.3, 0.4) is 0 Å². The minimum atomic E-state index is -0.400. The number of nitrogens with zero attached hydrogens (tertiary/aromatic N) is 4. The molecule has 5 aromatic rings. The summed E-state index contributed by atoms with van der Waals surface area (Å²) >= 11 is 1.15. The van der Waals surface area contributed by atoms with E-state index >= 15 is 0 Å². The maximum Gasteiger partial charge on any atom is 0.305 e. The summed E-state index contributed by atoms with van der Waals surface area (Å²) in [6.45, 7) is 0. The molecule has 9 heteroatoms. The first-order valence-corrected chi connectivity index (χ1v) is 10.2. The Hall–Kier alpha value is -3.98. The number of rotatable bonds is 4. The van der Waals surface area contributed by atoms with Crippen molar-refractivity contribution >= 4 is 31.8 Å². The van der Waals surface area contributed by atoms with Gasteiger partial charge in [0.05, 0.1) is 36.4 Å². The van der Waals surface area contributed by atoms with Gasteiger partial charge in [-0.05, 0) is 24.3 Å². The maximum atomic E-state index is 13.6. The van der Waals surface area contributed by atoms with E-state index in [1.807, 2.05) is 36.4 Å². The molecule has 5 rings (SSSR count). The van der Waals surface area contributed by atoms with Gasteiger partial charge in [0.15, 0.2) is 0 Å². The van der Waals surface area contributed by atoms with Crippen LogP contribution in [-0.2, 0) is 0 Å². The molecule has 0 aliphatic rings. The minimum absolute atomic E-state index is 0.130. The molecule has 154 valence electrons. The predicted octanol–water partition coefficient (Wildman–Crippen LogP) is 3.16. The Morgan fingerprint density at radius 2 is 1.06 bits per heavy atom. The number of ether oxygens (including phenoxy) is 2. The molecule has 0 aliphatic carbocycles. The van der Waals surface area contributed by atoms with Crippen molar-refractivity contribution in [3.05, 3.63) is 81.4 Å². The van der Waals surface area contributed by atoms with Crippen molar-refractivity contribution in [1.82, 2.24) is 19.1 Å². The summed E-state index contributed by atoms with van der Waals surface area (Å²) in [5, 5.41) is 0.406. The van der Waals surface area contributed by atoms with Gasteiger partial charge in [0.1, 0.15) is 9.66 Å². The number of thiophene rings is 1. The van der Waals surface area contributed by atoms with E-state index in [-0.39, 0.29) is 22.8 Å². The molecule has 31 heavy (non-hydrogen) atoms. The fourth-order valence-corrected chi connectivity index (χ4v) is 4.53. The first kappa shape index (κ1) is 19.0. The molecule has 0 bridgehead atoms. The zero-order chi connectivity index (χ0) is 21.5. The molecule has 0 atom stereocenters. The number of benzene rings is 2. The van der Waals surface area contributed by atoms with Crippen molar-refractivity contribution in [2.24, 2.45) is 0 Å². The van der Waals surface area contributed by atoms with Crippen LogP contribution >= 0.6 is 11.3 Å². The van der Waals surface area contributed by atoms with Gasteiger partial charge in [-0.15, -0.1) is 0 Å². The predicted molar refractivity (Wildman–Crippen MR) is 119 cm³/mol. The van der Waals surface area contributed by atoms with Crippen LogP contribution in [0, 0.1) is 0 Å². The fraction of sp³-hybridized carbons (Fsp3) is 0.0909. The van der Waals surface area contributed by atoms with E-state index in [1.54, 1.807) is 24.3 Å². The van der Waals surface area contributed by atoms with Crippen LogP contribution in [-0.4, -0.2) is 33.3 Å². The van der Waals surface area contributed by atoms with Crippen LogP contribution in [0.15, 0.2) is 70.3 Å². The number of fused-ring (bicyclic) bond motifs is 3. The fourth-order valence-electron chi connectivity index (χ4n) is 3.52. The van der Waals surface area contributed by atoms with Crippen molar-refractivity contribution in [2.75, 3.05) is 14.2 Å². The zero-order valence-corrected chi connectivity index (χ0v) is 17.4. The number of methoxy groups -OCH3 is 2. The molecule has 3 aromatic heterocycles. The summed E-state index contributed by atoms with van der Waals surface area (Å²) in [5.41, 5.74) is 0.372. The summed E-state index contributed by atoms with van der Waals surface area (Å²) in [6, 6.07) is 18.3. The normalized spacial score (nSPS) is 11.2. The number of para-hydroxylation sites is 2. The van der Waals surface area contributed by atoms with Crippen molar-refractivity contribution in [2.45, 2.75) is 0 Å². The van der Waals surface area contributed by atoms with Gasteiger partial charge in [-0.2, -0.15) is 9.97 Å². The van der Waals surface area contributed by atoms with Gasteiger partial charge in [-0.3, -0.25) is 9.59 Å². The highest BCUT2D eigenvalue weighted by Gasteiger charge is 2.23. The van der Waals surface area contributed by atoms with Gasteiger partial charge in [0.2, 0.25) is 0 Å². The van der Waals surface area contributed by atoms with Crippen molar-refractivity contribution in [3.63, 3.8) is 0 Å². The van der Waals surface area contributed by atoms with E-state index in [9.17, 15) is 9.59 Å². The Bertz CT molecular complexity index is 1420. The second-order valence-corrected chi connectivity index (χ2v) is 7.59. The van der Waals surface area contributed by atoms with Crippen molar-refractivity contribution in [3.8, 4) is 23.4 Å². The molecular formula is C22H16N4O4S. The van der Waals surface area contributed by atoms with Gasteiger partial charge >= 0.3 is 12.0 Å². The summed E-state index contributed by atoms with van der Waals surface area (Å²) in [5.74, 6) is 0. The third kappa shape index (κ3) is 2.89. The molecule has 0 unspecified atom stereocenters. The lowest BCUT2D eigenvalue weighted by molar-refractivity contribution is 0.368. The molecule has 0 radical (unpaired) electrons. The van der Waals surface area contributed by atoms with Crippen LogP contribution in [0.2, 0.25) is 0 Å². The quantitative estimate of drug-likeness (QED) is 0.434. The smallest absolute Gasteiger partial charge is 0.305 e. The first-order valence-electron chi connectivity index (χ1n) is 9.35. The highest BCUT2D eigenvalue weighted by molar-refractivity contribution is 7.25. The molecule has 0 amide bonds. The maximum absolute atomic E-state index is 13.6. The van der Waals surface area contributed by atoms with Crippen molar-refractivity contribution in [1.29, 1.82) is 0 Å². The Morgan fingerprint density at radius 3 is 1.42 bits per heavy atom. The lowest BCUT2D eigenvalue weighted by Crippen LogP contribution is -2.24. The molecule has 0 N–H and O–H groups in total. The van der Waals surface area contributed by atoms with Crippen LogP contribution in [0.5, 0.6) is 12.0 Å². The lowest BCUT2D eigenvalue weighted by Gasteiger charge is -2.11. The molecular weight excluding hydrogens is 416 g/mol. The van der Waals surface area contributed by atoms with Gasteiger partial charge in [-0.1, -0.05) is 47.7 Å². The molecule has 0 spiro atoms. The molecule has 8 nitrogen and oxygen atoms in total. The average molecular weight is 432 g/mol. The molecule has 0 saturated carbocycles. The van der Waals surface area contributed by atoms with Gasteiger partial charge in [0, 0.05) is 0 Å². The Kier molecular flexibility index (Phi) is 4.52. The number of hydrogen-bond donors (Lipinski definition) is 0. The second-order valence-electron chi connectivity index (χ2n) is 6.61. The average Bonchev–Trinajstić information content (AvgIpc) is 3.18. The first-order chi connectivity index (χ1) is 15.1. The lowest BCUT2D eigenvalue weighted by atomic mass is 10.2. The van der Waals surface area contributed by atoms with Crippen molar-refractivity contribution < 1.29 is 9.47 Å². The zero-order valence-electron chi connectivity index (χ0n) is 16.6. The molecule has 2 aromatic carbocycles. The minimum Gasteiger partial charge on any atom is -0.468 e. The topological polar surface area (TPSA) is 88.2 Å². The van der Waals surface area contributed by atoms with E-state index in [2.05, 4.69) is 9.97 Å². The number of hydrogen-bond acceptors (Lipinski definition) is 7. The monoisotopic (exact) mass is 432 g/mol.